The average Bonchev–Trinajstić information content (AvgIpc) is 2.58. The third-order valence-electron chi connectivity index (χ3n) is 3.42. The number of anilines is 1. The molecule has 0 aliphatic carbocycles. The van der Waals surface area contributed by atoms with E-state index >= 15 is 0 Å². The van der Waals surface area contributed by atoms with Crippen molar-refractivity contribution >= 4 is 38.7 Å². The number of carbonyl (C=O) groups excluding carboxylic acids is 1. The summed E-state index contributed by atoms with van der Waals surface area (Å²) in [6.07, 6.45) is 1.01. The zero-order valence-electron chi connectivity index (χ0n) is 13.7. The molecule has 2 aromatic carbocycles. The first-order chi connectivity index (χ1) is 12.2. The minimum Gasteiger partial charge on any atom is -0.378 e. The molecule has 0 aliphatic heterocycles. The smallest absolute Gasteiger partial charge is 0.292 e. The van der Waals surface area contributed by atoms with Crippen molar-refractivity contribution in [3.8, 4) is 0 Å². The lowest BCUT2D eigenvalue weighted by atomic mass is 10.2. The largest absolute Gasteiger partial charge is 0.378 e. The third kappa shape index (κ3) is 4.93. The van der Waals surface area contributed by atoms with Gasteiger partial charge < -0.3 is 10.6 Å². The SMILES string of the molecule is CS(=O)(=O)c1cc(C(=O)NCCNc2ccccc2[N+](=O)[O-])ccc1Cl. The van der Waals surface area contributed by atoms with E-state index in [2.05, 4.69) is 10.6 Å². The standard InChI is InChI=1S/C16H16ClN3O5S/c1-26(24,25)15-10-11(6-7-12(15)17)16(21)19-9-8-18-13-4-2-3-5-14(13)20(22)23/h2-7,10,18H,8-9H2,1H3,(H,19,21). The normalized spacial score (nSPS) is 11.0. The number of nitro benzene ring substituents is 1. The van der Waals surface area contributed by atoms with Crippen molar-refractivity contribution in [2.45, 2.75) is 4.90 Å². The van der Waals surface area contributed by atoms with Gasteiger partial charge in [-0.15, -0.1) is 0 Å². The van der Waals surface area contributed by atoms with Crippen LogP contribution in [-0.2, 0) is 9.84 Å². The van der Waals surface area contributed by atoms with Gasteiger partial charge >= 0.3 is 0 Å². The molecule has 2 N–H and O–H groups in total. The second-order valence-electron chi connectivity index (χ2n) is 5.37. The summed E-state index contributed by atoms with van der Waals surface area (Å²) >= 11 is 5.84. The third-order valence-corrected chi connectivity index (χ3v) is 5.00. The maximum absolute atomic E-state index is 12.1. The quantitative estimate of drug-likeness (QED) is 0.421. The summed E-state index contributed by atoms with van der Waals surface area (Å²) in [7, 11) is -3.55. The number of amides is 1. The number of rotatable bonds is 7. The first-order valence-corrected chi connectivity index (χ1v) is 9.72. The van der Waals surface area contributed by atoms with Crippen molar-refractivity contribution in [2.75, 3.05) is 24.7 Å². The van der Waals surface area contributed by atoms with Gasteiger partial charge in [-0.1, -0.05) is 23.7 Å². The van der Waals surface area contributed by atoms with Crippen LogP contribution in [0.4, 0.5) is 11.4 Å². The zero-order valence-corrected chi connectivity index (χ0v) is 15.3. The molecule has 0 aliphatic rings. The fourth-order valence-electron chi connectivity index (χ4n) is 2.19. The average molecular weight is 398 g/mol. The lowest BCUT2D eigenvalue weighted by molar-refractivity contribution is -0.384. The number of nitrogens with one attached hydrogen (secondary N) is 2. The molecule has 0 fully saturated rings. The van der Waals surface area contributed by atoms with Crippen LogP contribution < -0.4 is 10.6 Å². The molecule has 8 nitrogen and oxygen atoms in total. The van der Waals surface area contributed by atoms with Crippen LogP contribution in [0.15, 0.2) is 47.4 Å². The molecule has 0 bridgehead atoms. The van der Waals surface area contributed by atoms with Gasteiger partial charge in [0.1, 0.15) is 5.69 Å². The molecule has 0 saturated carbocycles. The van der Waals surface area contributed by atoms with Gasteiger partial charge in [-0.3, -0.25) is 14.9 Å². The predicted octanol–water partition coefficient (Wildman–Crippen LogP) is 2.49. The van der Waals surface area contributed by atoms with E-state index in [1.807, 2.05) is 0 Å². The fraction of sp³-hybridized carbons (Fsp3) is 0.188. The van der Waals surface area contributed by atoms with Crippen LogP contribution in [0.25, 0.3) is 0 Å². The number of benzene rings is 2. The van der Waals surface area contributed by atoms with E-state index in [1.54, 1.807) is 18.2 Å². The van der Waals surface area contributed by atoms with Crippen LogP contribution in [-0.4, -0.2) is 38.6 Å². The summed E-state index contributed by atoms with van der Waals surface area (Å²) in [5.41, 5.74) is 0.437. The molecule has 0 aromatic heterocycles. The van der Waals surface area contributed by atoms with Crippen LogP contribution in [0.3, 0.4) is 0 Å². The molecule has 26 heavy (non-hydrogen) atoms. The van der Waals surface area contributed by atoms with Gasteiger partial charge in [-0.05, 0) is 24.3 Å². The topological polar surface area (TPSA) is 118 Å². The zero-order chi connectivity index (χ0) is 19.3. The summed E-state index contributed by atoms with van der Waals surface area (Å²) in [4.78, 5) is 22.4. The molecule has 2 aromatic rings. The fourth-order valence-corrected chi connectivity index (χ4v) is 3.49. The monoisotopic (exact) mass is 397 g/mol. The maximum Gasteiger partial charge on any atom is 0.292 e. The number of carbonyl (C=O) groups is 1. The highest BCUT2D eigenvalue weighted by molar-refractivity contribution is 7.90. The van der Waals surface area contributed by atoms with Crippen LogP contribution in [0.1, 0.15) is 10.4 Å². The van der Waals surface area contributed by atoms with Crippen LogP contribution in [0, 0.1) is 10.1 Å². The Labute approximate surface area is 155 Å². The van der Waals surface area contributed by atoms with Crippen LogP contribution in [0.5, 0.6) is 0 Å². The molecular formula is C16H16ClN3O5S. The van der Waals surface area contributed by atoms with E-state index in [0.717, 1.165) is 6.26 Å². The van der Waals surface area contributed by atoms with Crippen LogP contribution in [0.2, 0.25) is 5.02 Å². The number of nitrogens with zero attached hydrogens (tertiary/aromatic N) is 1. The molecule has 138 valence electrons. The number of sulfone groups is 1. The number of hydrogen-bond acceptors (Lipinski definition) is 6. The van der Waals surface area contributed by atoms with E-state index in [4.69, 9.17) is 11.6 Å². The molecular weight excluding hydrogens is 382 g/mol. The summed E-state index contributed by atoms with van der Waals surface area (Å²) < 4.78 is 23.3. The molecule has 1 amide bonds. The number of para-hydroxylation sites is 2. The predicted molar refractivity (Wildman–Crippen MR) is 98.5 cm³/mol. The highest BCUT2D eigenvalue weighted by Gasteiger charge is 2.16. The summed E-state index contributed by atoms with van der Waals surface area (Å²) in [5.74, 6) is -0.476. The van der Waals surface area contributed by atoms with Crippen molar-refractivity contribution in [2.24, 2.45) is 0 Å². The summed E-state index contributed by atoms with van der Waals surface area (Å²) in [6, 6.07) is 10.1. The maximum atomic E-state index is 12.1. The van der Waals surface area contributed by atoms with E-state index in [0.29, 0.717) is 5.69 Å². The molecule has 0 radical (unpaired) electrons. The Balaban J connectivity index is 1.97. The second kappa shape index (κ2) is 8.15. The van der Waals surface area contributed by atoms with E-state index < -0.39 is 20.7 Å². The number of halogens is 1. The highest BCUT2D eigenvalue weighted by Crippen LogP contribution is 2.23. The number of nitro groups is 1. The second-order valence-corrected chi connectivity index (χ2v) is 7.77. The van der Waals surface area contributed by atoms with Crippen molar-refractivity contribution in [1.82, 2.24) is 5.32 Å². The Kier molecular flexibility index (Phi) is 6.17. The Morgan fingerprint density at radius 3 is 2.54 bits per heavy atom. The first-order valence-electron chi connectivity index (χ1n) is 7.45. The summed E-state index contributed by atoms with van der Waals surface area (Å²) in [6.45, 7) is 0.435. The van der Waals surface area contributed by atoms with Gasteiger partial charge in [-0.25, -0.2) is 8.42 Å². The summed E-state index contributed by atoms with van der Waals surface area (Å²) in [5, 5.41) is 16.4. The van der Waals surface area contributed by atoms with E-state index in [1.165, 1.54) is 24.3 Å². The van der Waals surface area contributed by atoms with Gasteiger partial charge in [0.15, 0.2) is 9.84 Å². The van der Waals surface area contributed by atoms with Gasteiger partial charge in [0, 0.05) is 31.0 Å². The van der Waals surface area contributed by atoms with Crippen LogP contribution >= 0.6 is 11.6 Å². The Bertz CT molecular complexity index is 947. The molecule has 2 rings (SSSR count). The minimum absolute atomic E-state index is 0.0436. The van der Waals surface area contributed by atoms with Gasteiger partial charge in [0.2, 0.25) is 0 Å². The molecule has 0 heterocycles. The first kappa shape index (κ1) is 19.7. The van der Waals surface area contributed by atoms with E-state index in [9.17, 15) is 23.3 Å². The van der Waals surface area contributed by atoms with Gasteiger partial charge in [-0.2, -0.15) is 0 Å². The molecule has 0 saturated heterocycles. The van der Waals surface area contributed by atoms with Crippen molar-refractivity contribution in [3.63, 3.8) is 0 Å². The highest BCUT2D eigenvalue weighted by atomic mass is 35.5. The van der Waals surface area contributed by atoms with Crippen molar-refractivity contribution in [3.05, 3.63) is 63.2 Å². The van der Waals surface area contributed by atoms with Crippen molar-refractivity contribution < 1.29 is 18.1 Å². The van der Waals surface area contributed by atoms with E-state index in [-0.39, 0.29) is 34.3 Å². The molecule has 0 spiro atoms. The Morgan fingerprint density at radius 1 is 1.19 bits per heavy atom. The van der Waals surface area contributed by atoms with Gasteiger partial charge in [0.05, 0.1) is 14.8 Å². The molecule has 0 atom stereocenters. The molecule has 10 heteroatoms. The minimum atomic E-state index is -3.55. The lowest BCUT2D eigenvalue weighted by Crippen LogP contribution is -2.29. The van der Waals surface area contributed by atoms with Crippen molar-refractivity contribution in [1.29, 1.82) is 0 Å². The Hall–Kier alpha value is -2.65. The molecule has 0 unspecified atom stereocenters. The van der Waals surface area contributed by atoms with Gasteiger partial charge in [0.25, 0.3) is 11.6 Å². The Morgan fingerprint density at radius 2 is 1.88 bits per heavy atom. The number of hydrogen-bond donors (Lipinski definition) is 2. The lowest BCUT2D eigenvalue weighted by Gasteiger charge is -2.09.